The first kappa shape index (κ1) is 11.1. The van der Waals surface area contributed by atoms with Gasteiger partial charge in [0.25, 0.3) is 0 Å². The molecular formula is C11H10N2O4. The van der Waals surface area contributed by atoms with Crippen molar-refractivity contribution in [3.8, 4) is 0 Å². The lowest BCUT2D eigenvalue weighted by Crippen LogP contribution is -2.03. The van der Waals surface area contributed by atoms with Crippen molar-refractivity contribution in [1.82, 2.24) is 4.98 Å². The van der Waals surface area contributed by atoms with E-state index >= 15 is 0 Å². The van der Waals surface area contributed by atoms with Crippen molar-refractivity contribution in [3.63, 3.8) is 0 Å². The molecule has 1 heterocycles. The third kappa shape index (κ3) is 2.41. The Hall–Kier alpha value is -2.37. The van der Waals surface area contributed by atoms with Crippen LogP contribution in [0.25, 0.3) is 10.9 Å². The summed E-state index contributed by atoms with van der Waals surface area (Å²) < 4.78 is 0. The SMILES string of the molecule is O=C(O)c1cc2cc(CC[N+](=O)[O-])ccc2[nH]1. The van der Waals surface area contributed by atoms with Gasteiger partial charge in [0.2, 0.25) is 6.54 Å². The number of nitrogens with one attached hydrogen (secondary N) is 1. The van der Waals surface area contributed by atoms with E-state index in [0.717, 1.165) is 10.9 Å². The Morgan fingerprint density at radius 3 is 2.82 bits per heavy atom. The number of carboxylic acid groups (broad SMARTS) is 1. The molecule has 0 bridgehead atoms. The summed E-state index contributed by atoms with van der Waals surface area (Å²) >= 11 is 0. The van der Waals surface area contributed by atoms with Crippen molar-refractivity contribution in [2.45, 2.75) is 6.42 Å². The molecule has 0 aliphatic rings. The van der Waals surface area contributed by atoms with E-state index < -0.39 is 5.97 Å². The molecule has 2 rings (SSSR count). The van der Waals surface area contributed by atoms with E-state index in [0.29, 0.717) is 11.9 Å². The number of hydrogen-bond donors (Lipinski definition) is 2. The molecule has 0 spiro atoms. The van der Waals surface area contributed by atoms with Gasteiger partial charge < -0.3 is 10.1 Å². The van der Waals surface area contributed by atoms with Crippen LogP contribution in [0.5, 0.6) is 0 Å². The van der Waals surface area contributed by atoms with Crippen LogP contribution in [0.15, 0.2) is 24.3 Å². The van der Waals surface area contributed by atoms with Crippen molar-refractivity contribution < 1.29 is 14.8 Å². The fourth-order valence-electron chi connectivity index (χ4n) is 1.67. The van der Waals surface area contributed by atoms with Crippen molar-refractivity contribution >= 4 is 16.9 Å². The Balaban J connectivity index is 2.30. The predicted octanol–water partition coefficient (Wildman–Crippen LogP) is 1.69. The summed E-state index contributed by atoms with van der Waals surface area (Å²) in [7, 11) is 0. The topological polar surface area (TPSA) is 96.2 Å². The minimum Gasteiger partial charge on any atom is -0.477 e. The maximum Gasteiger partial charge on any atom is 0.352 e. The number of fused-ring (bicyclic) bond motifs is 1. The molecule has 1 aromatic carbocycles. The zero-order valence-electron chi connectivity index (χ0n) is 8.84. The van der Waals surface area contributed by atoms with Crippen LogP contribution in [0.3, 0.4) is 0 Å². The zero-order chi connectivity index (χ0) is 12.4. The standard InChI is InChI=1S/C11H10N2O4/c14-11(15)10-6-8-5-7(3-4-13(16)17)1-2-9(8)12-10/h1-2,5-6,12H,3-4H2,(H,14,15). The molecule has 0 aliphatic carbocycles. The van der Waals surface area contributed by atoms with Crippen molar-refractivity contribution in [3.05, 3.63) is 45.6 Å². The van der Waals surface area contributed by atoms with Crippen molar-refractivity contribution in [1.29, 1.82) is 0 Å². The van der Waals surface area contributed by atoms with E-state index in [-0.39, 0.29) is 17.2 Å². The van der Waals surface area contributed by atoms with Crippen LogP contribution < -0.4 is 0 Å². The second-order valence-electron chi connectivity index (χ2n) is 3.72. The first-order chi connectivity index (χ1) is 8.06. The van der Waals surface area contributed by atoms with Crippen LogP contribution in [-0.2, 0) is 6.42 Å². The van der Waals surface area contributed by atoms with Gasteiger partial charge in [-0.3, -0.25) is 10.1 Å². The lowest BCUT2D eigenvalue weighted by molar-refractivity contribution is -0.479. The van der Waals surface area contributed by atoms with E-state index in [2.05, 4.69) is 4.98 Å². The zero-order valence-corrected chi connectivity index (χ0v) is 8.84. The van der Waals surface area contributed by atoms with Gasteiger partial charge in [0.15, 0.2) is 0 Å². The summed E-state index contributed by atoms with van der Waals surface area (Å²) in [6, 6.07) is 6.78. The molecule has 0 saturated carbocycles. The monoisotopic (exact) mass is 234 g/mol. The van der Waals surface area contributed by atoms with Gasteiger partial charge in [0, 0.05) is 22.2 Å². The number of hydrogen-bond acceptors (Lipinski definition) is 3. The van der Waals surface area contributed by atoms with E-state index in [1.807, 2.05) is 0 Å². The number of nitrogens with zero attached hydrogens (tertiary/aromatic N) is 1. The first-order valence-electron chi connectivity index (χ1n) is 5.03. The molecule has 88 valence electrons. The van der Waals surface area contributed by atoms with Crippen LogP contribution in [0.2, 0.25) is 0 Å². The van der Waals surface area contributed by atoms with Crippen LogP contribution in [0, 0.1) is 10.1 Å². The summed E-state index contributed by atoms with van der Waals surface area (Å²) in [5.74, 6) is -1.02. The highest BCUT2D eigenvalue weighted by Crippen LogP contribution is 2.17. The number of nitro groups is 1. The quantitative estimate of drug-likeness (QED) is 0.621. The first-order valence-corrected chi connectivity index (χ1v) is 5.03. The van der Waals surface area contributed by atoms with Crippen molar-refractivity contribution in [2.24, 2.45) is 0 Å². The van der Waals surface area contributed by atoms with Gasteiger partial charge >= 0.3 is 5.97 Å². The lowest BCUT2D eigenvalue weighted by Gasteiger charge is -1.97. The van der Waals surface area contributed by atoms with Crippen LogP contribution in [0.1, 0.15) is 16.1 Å². The molecule has 0 amide bonds. The maximum atomic E-state index is 10.7. The maximum absolute atomic E-state index is 10.7. The average molecular weight is 234 g/mol. The summed E-state index contributed by atoms with van der Waals surface area (Å²) in [6.07, 6.45) is 0.344. The molecule has 17 heavy (non-hydrogen) atoms. The number of benzene rings is 1. The number of aromatic amines is 1. The second-order valence-corrected chi connectivity index (χ2v) is 3.72. The van der Waals surface area contributed by atoms with E-state index in [1.54, 1.807) is 18.2 Å². The third-order valence-electron chi connectivity index (χ3n) is 2.50. The molecule has 2 N–H and O–H groups in total. The molecule has 0 fully saturated rings. The Kier molecular flexibility index (Phi) is 2.78. The molecule has 0 aliphatic heterocycles. The van der Waals surface area contributed by atoms with Crippen molar-refractivity contribution in [2.75, 3.05) is 6.54 Å². The van der Waals surface area contributed by atoms with Gasteiger partial charge in [-0.15, -0.1) is 0 Å². The van der Waals surface area contributed by atoms with Crippen LogP contribution >= 0.6 is 0 Å². The van der Waals surface area contributed by atoms with Gasteiger partial charge in [0.1, 0.15) is 5.69 Å². The fourth-order valence-corrected chi connectivity index (χ4v) is 1.67. The van der Waals surface area contributed by atoms with Gasteiger partial charge in [0.05, 0.1) is 0 Å². The molecule has 0 saturated heterocycles. The predicted molar refractivity (Wildman–Crippen MR) is 60.8 cm³/mol. The molecule has 6 nitrogen and oxygen atoms in total. The summed E-state index contributed by atoms with van der Waals surface area (Å²) in [6.45, 7) is -0.123. The summed E-state index contributed by atoms with van der Waals surface area (Å²) in [4.78, 5) is 23.4. The smallest absolute Gasteiger partial charge is 0.352 e. The minimum absolute atomic E-state index is 0.117. The molecule has 0 radical (unpaired) electrons. The normalized spacial score (nSPS) is 10.6. The lowest BCUT2D eigenvalue weighted by atomic mass is 10.1. The number of aromatic nitrogens is 1. The molecule has 6 heteroatoms. The van der Waals surface area contributed by atoms with E-state index in [4.69, 9.17) is 5.11 Å². The fraction of sp³-hybridized carbons (Fsp3) is 0.182. The molecule has 1 aromatic heterocycles. The third-order valence-corrected chi connectivity index (χ3v) is 2.50. The Morgan fingerprint density at radius 1 is 1.41 bits per heavy atom. The van der Waals surface area contributed by atoms with Gasteiger partial charge in [-0.25, -0.2) is 4.79 Å². The van der Waals surface area contributed by atoms with E-state index in [1.165, 1.54) is 6.07 Å². The Morgan fingerprint density at radius 2 is 2.18 bits per heavy atom. The molecule has 2 aromatic rings. The molecule has 0 atom stereocenters. The van der Waals surface area contributed by atoms with Crippen LogP contribution in [-0.4, -0.2) is 27.5 Å². The number of aromatic carboxylic acids is 1. The summed E-state index contributed by atoms with van der Waals surface area (Å²) in [5.41, 5.74) is 1.66. The van der Waals surface area contributed by atoms with Gasteiger partial charge in [-0.05, 0) is 23.8 Å². The number of carboxylic acids is 1. The summed E-state index contributed by atoms with van der Waals surface area (Å²) in [5, 5.41) is 19.8. The average Bonchev–Trinajstić information content (AvgIpc) is 2.69. The minimum atomic E-state index is -1.02. The van der Waals surface area contributed by atoms with Gasteiger partial charge in [-0.1, -0.05) is 6.07 Å². The highest BCUT2D eigenvalue weighted by molar-refractivity contribution is 5.93. The van der Waals surface area contributed by atoms with Crippen LogP contribution in [0.4, 0.5) is 0 Å². The Bertz CT molecular complexity index is 588. The molecule has 0 unspecified atom stereocenters. The number of rotatable bonds is 4. The largest absolute Gasteiger partial charge is 0.477 e. The Labute approximate surface area is 96.0 Å². The highest BCUT2D eigenvalue weighted by atomic mass is 16.6. The second kappa shape index (κ2) is 4.25. The van der Waals surface area contributed by atoms with E-state index in [9.17, 15) is 14.9 Å². The number of H-pyrrole nitrogens is 1. The molecular weight excluding hydrogens is 224 g/mol. The highest BCUT2D eigenvalue weighted by Gasteiger charge is 2.08. The van der Waals surface area contributed by atoms with Gasteiger partial charge in [-0.2, -0.15) is 0 Å². The number of carbonyl (C=O) groups is 1.